The van der Waals surface area contributed by atoms with Gasteiger partial charge in [-0.15, -0.1) is 0 Å². The van der Waals surface area contributed by atoms with Crippen molar-refractivity contribution in [3.05, 3.63) is 102 Å². The molecular weight excluding hydrogens is 465 g/mol. The number of aryl methyl sites for hydroxylation is 2. The number of aromatic nitrogens is 5. The number of halogens is 1. The number of nitrogens with one attached hydrogen (secondary N) is 3. The summed E-state index contributed by atoms with van der Waals surface area (Å²) >= 11 is 0. The van der Waals surface area contributed by atoms with Gasteiger partial charge in [-0.3, -0.25) is 15.1 Å². The summed E-state index contributed by atoms with van der Waals surface area (Å²) < 4.78 is 14.2. The summed E-state index contributed by atoms with van der Waals surface area (Å²) in [5, 5.41) is 11.9. The van der Waals surface area contributed by atoms with Crippen LogP contribution >= 0.6 is 0 Å². The molecular formula is C29H28FN7. The zero-order valence-corrected chi connectivity index (χ0v) is 21.1. The molecule has 3 heterocycles. The molecule has 0 spiro atoms. The van der Waals surface area contributed by atoms with E-state index in [1.165, 1.54) is 18.3 Å². The van der Waals surface area contributed by atoms with Gasteiger partial charge in [-0.1, -0.05) is 19.6 Å². The highest BCUT2D eigenvalue weighted by molar-refractivity contribution is 6.13. The lowest BCUT2D eigenvalue weighted by atomic mass is 10.0. The second-order valence-corrected chi connectivity index (χ2v) is 8.93. The third-order valence-corrected chi connectivity index (χ3v) is 6.14. The number of rotatable bonds is 8. The van der Waals surface area contributed by atoms with Gasteiger partial charge in [-0.05, 0) is 73.5 Å². The van der Waals surface area contributed by atoms with Crippen molar-refractivity contribution >= 4 is 16.6 Å². The van der Waals surface area contributed by atoms with E-state index in [1.54, 1.807) is 0 Å². The quantitative estimate of drug-likeness (QED) is 0.236. The van der Waals surface area contributed by atoms with Gasteiger partial charge in [0.1, 0.15) is 17.2 Å². The Hall–Kier alpha value is -4.43. The van der Waals surface area contributed by atoms with Crippen LogP contribution in [0.5, 0.6) is 0 Å². The summed E-state index contributed by atoms with van der Waals surface area (Å²) in [5.41, 5.74) is 8.17. The lowest BCUT2D eigenvalue weighted by Crippen LogP contribution is -2.11. The van der Waals surface area contributed by atoms with E-state index in [0.717, 1.165) is 51.9 Å². The van der Waals surface area contributed by atoms with Crippen LogP contribution in [0.2, 0.25) is 0 Å². The topological polar surface area (TPSA) is 94.6 Å². The van der Waals surface area contributed by atoms with E-state index in [-0.39, 0.29) is 5.82 Å². The molecule has 0 fully saturated rings. The molecule has 0 saturated carbocycles. The molecule has 0 atom stereocenters. The highest BCUT2D eigenvalue weighted by atomic mass is 19.1. The molecule has 0 bridgehead atoms. The van der Waals surface area contributed by atoms with Crippen LogP contribution in [-0.2, 0) is 6.54 Å². The third kappa shape index (κ3) is 4.96. The molecule has 186 valence electrons. The van der Waals surface area contributed by atoms with E-state index in [4.69, 9.17) is 4.98 Å². The Balaban J connectivity index is 1.56. The number of hydrogen-bond acceptors (Lipinski definition) is 5. The number of nitrogens with zero attached hydrogens (tertiary/aromatic N) is 4. The minimum atomic E-state index is -0.324. The second-order valence-electron chi connectivity index (χ2n) is 8.93. The molecule has 5 aromatic rings. The van der Waals surface area contributed by atoms with E-state index in [9.17, 15) is 4.39 Å². The smallest absolute Gasteiger partial charge is 0.159 e. The predicted molar refractivity (Wildman–Crippen MR) is 146 cm³/mol. The zero-order valence-electron chi connectivity index (χ0n) is 21.1. The SMILES string of the molecule is C=CN=C(c1cc(C)cc(F)c1)c1nc(-c2n[nH]c3ccc(-c4cncc(CNCC)c4)cc23)[nH]c1C. The van der Waals surface area contributed by atoms with E-state index in [1.807, 2.05) is 38.4 Å². The third-order valence-electron chi connectivity index (χ3n) is 6.14. The van der Waals surface area contributed by atoms with Crippen LogP contribution in [0, 0.1) is 19.7 Å². The van der Waals surface area contributed by atoms with Crippen molar-refractivity contribution in [2.24, 2.45) is 4.99 Å². The van der Waals surface area contributed by atoms with Crippen molar-refractivity contribution in [2.45, 2.75) is 27.3 Å². The highest BCUT2D eigenvalue weighted by Gasteiger charge is 2.19. The number of pyridine rings is 1. The Morgan fingerprint density at radius 1 is 1.11 bits per heavy atom. The molecule has 3 aromatic heterocycles. The van der Waals surface area contributed by atoms with Gasteiger partial charge < -0.3 is 10.3 Å². The fourth-order valence-corrected chi connectivity index (χ4v) is 4.43. The van der Waals surface area contributed by atoms with Gasteiger partial charge in [0, 0.05) is 47.3 Å². The summed E-state index contributed by atoms with van der Waals surface area (Å²) in [6.07, 6.45) is 5.19. The molecule has 0 unspecified atom stereocenters. The molecule has 0 aliphatic heterocycles. The van der Waals surface area contributed by atoms with Gasteiger partial charge in [0.05, 0.1) is 11.2 Å². The van der Waals surface area contributed by atoms with E-state index < -0.39 is 0 Å². The molecule has 0 radical (unpaired) electrons. The molecule has 37 heavy (non-hydrogen) atoms. The highest BCUT2D eigenvalue weighted by Crippen LogP contribution is 2.30. The number of aromatic amines is 2. The molecule has 0 aliphatic rings. The molecule has 8 heteroatoms. The van der Waals surface area contributed by atoms with E-state index in [0.29, 0.717) is 28.5 Å². The zero-order chi connectivity index (χ0) is 25.9. The van der Waals surface area contributed by atoms with Crippen LogP contribution < -0.4 is 5.32 Å². The van der Waals surface area contributed by atoms with Crippen molar-refractivity contribution < 1.29 is 4.39 Å². The summed E-state index contributed by atoms with van der Waals surface area (Å²) in [6.45, 7) is 11.3. The molecule has 0 saturated heterocycles. The fourth-order valence-electron chi connectivity index (χ4n) is 4.43. The van der Waals surface area contributed by atoms with Crippen LogP contribution in [0.4, 0.5) is 4.39 Å². The molecule has 2 aromatic carbocycles. The molecule has 0 amide bonds. The molecule has 0 aliphatic carbocycles. The van der Waals surface area contributed by atoms with Crippen LogP contribution in [0.25, 0.3) is 33.5 Å². The lowest BCUT2D eigenvalue weighted by Gasteiger charge is -2.06. The average molecular weight is 494 g/mol. The summed E-state index contributed by atoms with van der Waals surface area (Å²) in [7, 11) is 0. The second kappa shape index (κ2) is 10.3. The fraction of sp³-hybridized carbons (Fsp3) is 0.172. The summed E-state index contributed by atoms with van der Waals surface area (Å²) in [6, 6.07) is 13.1. The van der Waals surface area contributed by atoms with Gasteiger partial charge in [-0.2, -0.15) is 5.10 Å². The van der Waals surface area contributed by atoms with E-state index >= 15 is 0 Å². The van der Waals surface area contributed by atoms with Gasteiger partial charge in [0.25, 0.3) is 0 Å². The number of aliphatic imine (C=N–C) groups is 1. The summed E-state index contributed by atoms with van der Waals surface area (Å²) in [4.78, 5) is 17.1. The van der Waals surface area contributed by atoms with Crippen LogP contribution in [0.15, 0.2) is 72.6 Å². The maximum absolute atomic E-state index is 14.2. The van der Waals surface area contributed by atoms with Crippen molar-refractivity contribution in [3.63, 3.8) is 0 Å². The molecule has 5 rings (SSSR count). The molecule has 7 nitrogen and oxygen atoms in total. The van der Waals surface area contributed by atoms with Gasteiger partial charge in [-0.25, -0.2) is 9.37 Å². The largest absolute Gasteiger partial charge is 0.340 e. The average Bonchev–Trinajstić information content (AvgIpc) is 3.48. The Morgan fingerprint density at radius 2 is 1.97 bits per heavy atom. The van der Waals surface area contributed by atoms with E-state index in [2.05, 4.69) is 62.2 Å². The number of benzene rings is 2. The Labute approximate surface area is 214 Å². The standard InChI is InChI=1S/C29H28FN7/c1-5-31-14-19-11-22(16-32-15-19)20-7-8-25-24(13-20)28(37-36-25)29-34-18(4)26(35-29)27(33-6-2)21-9-17(3)10-23(30)12-21/h6-13,15-16,31H,2,5,14H2,1,3-4H3,(H,34,35)(H,36,37). The van der Waals surface area contributed by atoms with Crippen molar-refractivity contribution in [2.75, 3.05) is 6.54 Å². The van der Waals surface area contributed by atoms with Gasteiger partial charge >= 0.3 is 0 Å². The minimum Gasteiger partial charge on any atom is -0.340 e. The van der Waals surface area contributed by atoms with Crippen molar-refractivity contribution in [1.29, 1.82) is 0 Å². The van der Waals surface area contributed by atoms with Crippen LogP contribution in [0.3, 0.4) is 0 Å². The maximum Gasteiger partial charge on any atom is 0.159 e. The number of imidazole rings is 1. The normalized spacial score (nSPS) is 11.8. The molecule has 3 N–H and O–H groups in total. The first kappa shape index (κ1) is 24.3. The first-order valence-corrected chi connectivity index (χ1v) is 12.1. The number of hydrogen-bond donors (Lipinski definition) is 3. The Morgan fingerprint density at radius 3 is 2.76 bits per heavy atom. The minimum absolute atomic E-state index is 0.324. The van der Waals surface area contributed by atoms with Crippen molar-refractivity contribution in [3.8, 4) is 22.6 Å². The lowest BCUT2D eigenvalue weighted by molar-refractivity contribution is 0.626. The number of H-pyrrole nitrogens is 2. The van der Waals surface area contributed by atoms with Gasteiger partial charge in [0.15, 0.2) is 5.82 Å². The first-order valence-electron chi connectivity index (χ1n) is 12.1. The monoisotopic (exact) mass is 493 g/mol. The number of fused-ring (bicyclic) bond motifs is 1. The Kier molecular flexibility index (Phi) is 6.74. The Bertz CT molecular complexity index is 1610. The maximum atomic E-state index is 14.2. The van der Waals surface area contributed by atoms with Crippen LogP contribution in [-0.4, -0.2) is 37.4 Å². The predicted octanol–water partition coefficient (Wildman–Crippen LogP) is 5.86. The van der Waals surface area contributed by atoms with Crippen molar-refractivity contribution in [1.82, 2.24) is 30.5 Å². The first-order chi connectivity index (χ1) is 18.0. The summed E-state index contributed by atoms with van der Waals surface area (Å²) in [5.74, 6) is 0.273. The van der Waals surface area contributed by atoms with Gasteiger partial charge in [0.2, 0.25) is 0 Å². The van der Waals surface area contributed by atoms with Crippen LogP contribution in [0.1, 0.15) is 35.0 Å².